The van der Waals surface area contributed by atoms with Crippen molar-refractivity contribution >= 4 is 34.2 Å². The van der Waals surface area contributed by atoms with E-state index in [0.717, 1.165) is 21.4 Å². The van der Waals surface area contributed by atoms with Crippen molar-refractivity contribution < 1.29 is 4.42 Å². The number of furan rings is 1. The Balaban J connectivity index is 2.06. The van der Waals surface area contributed by atoms with E-state index in [2.05, 4.69) is 39.5 Å². The fourth-order valence-electron chi connectivity index (χ4n) is 1.86. The summed E-state index contributed by atoms with van der Waals surface area (Å²) < 4.78 is 6.66. The predicted molar refractivity (Wildman–Crippen MR) is 78.8 cm³/mol. The van der Waals surface area contributed by atoms with E-state index < -0.39 is 0 Å². The van der Waals surface area contributed by atoms with Gasteiger partial charge in [0.2, 0.25) is 0 Å². The van der Waals surface area contributed by atoms with Gasteiger partial charge in [0.1, 0.15) is 10.9 Å². The third-order valence-electron chi connectivity index (χ3n) is 3.03. The first kappa shape index (κ1) is 12.4. The quantitative estimate of drug-likeness (QED) is 0.589. The second-order valence-corrected chi connectivity index (χ2v) is 5.87. The molecule has 18 heavy (non-hydrogen) atoms. The van der Waals surface area contributed by atoms with E-state index in [9.17, 15) is 0 Å². The predicted octanol–water partition coefficient (Wildman–Crippen LogP) is 4.43. The van der Waals surface area contributed by atoms with Gasteiger partial charge < -0.3 is 4.42 Å². The summed E-state index contributed by atoms with van der Waals surface area (Å²) in [6, 6.07) is 3.87. The van der Waals surface area contributed by atoms with Gasteiger partial charge in [-0.15, -0.1) is 0 Å². The fraction of sp³-hybridized carbons (Fsp3) is 0.385. The summed E-state index contributed by atoms with van der Waals surface area (Å²) >= 11 is 8.40. The Morgan fingerprint density at radius 2 is 2.17 bits per heavy atom. The smallest absolute Gasteiger partial charge is 0.197 e. The molecule has 0 radical (unpaired) electrons. The molecule has 94 valence electrons. The van der Waals surface area contributed by atoms with Crippen molar-refractivity contribution in [1.82, 2.24) is 9.97 Å². The molecule has 0 amide bonds. The SMILES string of the molecule is CCc1ccc(-c2nc(Cl)c(I)c(C3CC3)n2)o1. The van der Waals surface area contributed by atoms with Gasteiger partial charge in [-0.1, -0.05) is 18.5 Å². The Morgan fingerprint density at radius 3 is 2.78 bits per heavy atom. The number of nitrogens with zero attached hydrogens (tertiary/aromatic N) is 2. The van der Waals surface area contributed by atoms with Crippen molar-refractivity contribution in [3.63, 3.8) is 0 Å². The van der Waals surface area contributed by atoms with E-state index in [1.54, 1.807) is 0 Å². The van der Waals surface area contributed by atoms with Crippen LogP contribution in [0.5, 0.6) is 0 Å². The van der Waals surface area contributed by atoms with Gasteiger partial charge in [-0.3, -0.25) is 0 Å². The highest BCUT2D eigenvalue weighted by Crippen LogP contribution is 2.42. The summed E-state index contributed by atoms with van der Waals surface area (Å²) in [6.45, 7) is 2.06. The Kier molecular flexibility index (Phi) is 3.32. The van der Waals surface area contributed by atoms with Crippen LogP contribution >= 0.6 is 34.2 Å². The van der Waals surface area contributed by atoms with Gasteiger partial charge in [0, 0.05) is 12.3 Å². The topological polar surface area (TPSA) is 38.9 Å². The minimum absolute atomic E-state index is 0.525. The average molecular weight is 375 g/mol. The van der Waals surface area contributed by atoms with E-state index in [1.165, 1.54) is 12.8 Å². The van der Waals surface area contributed by atoms with Gasteiger partial charge in [-0.2, -0.15) is 0 Å². The average Bonchev–Trinajstić information content (AvgIpc) is 3.09. The Hall–Kier alpha value is -0.620. The second kappa shape index (κ2) is 4.81. The summed E-state index contributed by atoms with van der Waals surface area (Å²) in [5.41, 5.74) is 1.07. The zero-order valence-electron chi connectivity index (χ0n) is 9.91. The summed E-state index contributed by atoms with van der Waals surface area (Å²) in [5, 5.41) is 0.525. The Morgan fingerprint density at radius 1 is 1.39 bits per heavy atom. The molecular formula is C13H12ClIN2O. The molecule has 3 rings (SSSR count). The molecule has 1 aliphatic rings. The van der Waals surface area contributed by atoms with Crippen LogP contribution in [0.1, 0.15) is 37.1 Å². The van der Waals surface area contributed by atoms with Crippen LogP contribution in [0.3, 0.4) is 0 Å². The molecule has 3 nitrogen and oxygen atoms in total. The van der Waals surface area contributed by atoms with Crippen LogP contribution in [0.4, 0.5) is 0 Å². The van der Waals surface area contributed by atoms with Crippen molar-refractivity contribution in [2.45, 2.75) is 32.1 Å². The molecule has 2 aromatic rings. The van der Waals surface area contributed by atoms with E-state index in [0.29, 0.717) is 22.7 Å². The van der Waals surface area contributed by atoms with Crippen molar-refractivity contribution in [1.29, 1.82) is 0 Å². The molecule has 0 N–H and O–H groups in total. The summed E-state index contributed by atoms with van der Waals surface area (Å²) in [7, 11) is 0. The van der Waals surface area contributed by atoms with Crippen LogP contribution < -0.4 is 0 Å². The van der Waals surface area contributed by atoms with Crippen molar-refractivity contribution in [3.8, 4) is 11.6 Å². The highest BCUT2D eigenvalue weighted by molar-refractivity contribution is 14.1. The molecule has 0 saturated heterocycles. The molecule has 1 saturated carbocycles. The van der Waals surface area contributed by atoms with Crippen LogP contribution in [0.25, 0.3) is 11.6 Å². The highest BCUT2D eigenvalue weighted by Gasteiger charge is 2.29. The number of hydrogen-bond donors (Lipinski definition) is 0. The van der Waals surface area contributed by atoms with Crippen LogP contribution in [0.15, 0.2) is 16.5 Å². The molecular weight excluding hydrogens is 363 g/mol. The lowest BCUT2D eigenvalue weighted by atomic mass is 10.3. The lowest BCUT2D eigenvalue weighted by molar-refractivity contribution is 0.525. The van der Waals surface area contributed by atoms with E-state index in [1.807, 2.05) is 12.1 Å². The highest BCUT2D eigenvalue weighted by atomic mass is 127. The van der Waals surface area contributed by atoms with E-state index in [-0.39, 0.29) is 0 Å². The molecule has 0 aliphatic heterocycles. The van der Waals surface area contributed by atoms with Crippen LogP contribution in [0.2, 0.25) is 5.15 Å². The summed E-state index contributed by atoms with van der Waals surface area (Å²) in [5.74, 6) is 2.79. The number of halogens is 2. The molecule has 1 fully saturated rings. The minimum atomic E-state index is 0.525. The molecule has 0 aromatic carbocycles. The van der Waals surface area contributed by atoms with Gasteiger partial charge in [0.15, 0.2) is 11.6 Å². The summed E-state index contributed by atoms with van der Waals surface area (Å²) in [6.07, 6.45) is 3.26. The van der Waals surface area contributed by atoms with Crippen LogP contribution in [0, 0.1) is 3.57 Å². The Labute approximate surface area is 124 Å². The lowest BCUT2D eigenvalue weighted by Gasteiger charge is -2.05. The van der Waals surface area contributed by atoms with Crippen LogP contribution in [-0.4, -0.2) is 9.97 Å². The van der Waals surface area contributed by atoms with Gasteiger partial charge in [0.25, 0.3) is 0 Å². The first-order valence-electron chi connectivity index (χ1n) is 6.01. The standard InChI is InChI=1S/C13H12ClIN2O/c1-2-8-5-6-9(18-8)13-16-11(7-3-4-7)10(15)12(14)17-13/h5-7H,2-4H2,1H3. The largest absolute Gasteiger partial charge is 0.458 e. The van der Waals surface area contributed by atoms with Crippen molar-refractivity contribution in [3.05, 3.63) is 32.3 Å². The Bertz CT molecular complexity index is 593. The zero-order valence-corrected chi connectivity index (χ0v) is 12.8. The monoisotopic (exact) mass is 374 g/mol. The van der Waals surface area contributed by atoms with Gasteiger partial charge in [-0.05, 0) is 47.6 Å². The molecule has 1 aliphatic carbocycles. The number of aromatic nitrogens is 2. The fourth-order valence-corrected chi connectivity index (χ4v) is 2.72. The summed E-state index contributed by atoms with van der Waals surface area (Å²) in [4.78, 5) is 8.93. The zero-order chi connectivity index (χ0) is 12.7. The van der Waals surface area contributed by atoms with E-state index >= 15 is 0 Å². The molecule has 0 atom stereocenters. The molecule has 2 heterocycles. The lowest BCUT2D eigenvalue weighted by Crippen LogP contribution is -1.98. The maximum absolute atomic E-state index is 6.18. The van der Waals surface area contributed by atoms with Gasteiger partial charge >= 0.3 is 0 Å². The maximum Gasteiger partial charge on any atom is 0.197 e. The second-order valence-electron chi connectivity index (χ2n) is 4.43. The molecule has 0 unspecified atom stereocenters. The molecule has 5 heteroatoms. The molecule has 2 aromatic heterocycles. The van der Waals surface area contributed by atoms with Gasteiger partial charge in [0.05, 0.1) is 9.26 Å². The van der Waals surface area contributed by atoms with E-state index in [4.69, 9.17) is 16.0 Å². The van der Waals surface area contributed by atoms with Crippen molar-refractivity contribution in [2.24, 2.45) is 0 Å². The van der Waals surface area contributed by atoms with Crippen LogP contribution in [-0.2, 0) is 6.42 Å². The third-order valence-corrected chi connectivity index (χ3v) is 4.69. The van der Waals surface area contributed by atoms with Gasteiger partial charge in [-0.25, -0.2) is 9.97 Å². The maximum atomic E-state index is 6.18. The first-order chi connectivity index (χ1) is 8.69. The first-order valence-corrected chi connectivity index (χ1v) is 7.46. The number of hydrogen-bond acceptors (Lipinski definition) is 3. The van der Waals surface area contributed by atoms with Crippen molar-refractivity contribution in [2.75, 3.05) is 0 Å². The third kappa shape index (κ3) is 2.28. The number of rotatable bonds is 3. The molecule has 0 bridgehead atoms. The molecule has 0 spiro atoms. The number of aryl methyl sites for hydroxylation is 1. The minimum Gasteiger partial charge on any atom is -0.458 e. The normalized spacial score (nSPS) is 15.1.